The third kappa shape index (κ3) is 3.28. The maximum atomic E-state index is 9.07. The predicted molar refractivity (Wildman–Crippen MR) is 63.6 cm³/mol. The summed E-state index contributed by atoms with van der Waals surface area (Å²) in [4.78, 5) is 6.13. The minimum atomic E-state index is 0.0815. The number of anilines is 1. The fourth-order valence-electron chi connectivity index (χ4n) is 1.73. The van der Waals surface area contributed by atoms with E-state index in [1.165, 1.54) is 0 Å². The van der Waals surface area contributed by atoms with Crippen LogP contribution in [0.3, 0.4) is 0 Å². The molecule has 1 aromatic rings. The quantitative estimate of drug-likeness (QED) is 0.822. The van der Waals surface area contributed by atoms with E-state index in [0.29, 0.717) is 18.4 Å². The van der Waals surface area contributed by atoms with E-state index in [1.54, 1.807) is 6.20 Å². The second kappa shape index (κ2) is 6.60. The standard InChI is InChI=1S/C10H17ClN4O/c1-3-8(4-2)15(5-6-16)9-7-12-14-10(11)13-9/h7-8,16H,3-6H2,1-2H3. The van der Waals surface area contributed by atoms with Gasteiger partial charge < -0.3 is 10.0 Å². The molecule has 0 atom stereocenters. The van der Waals surface area contributed by atoms with Gasteiger partial charge in [0.25, 0.3) is 0 Å². The van der Waals surface area contributed by atoms with Gasteiger partial charge >= 0.3 is 0 Å². The number of aliphatic hydroxyl groups is 1. The molecule has 0 aliphatic carbocycles. The van der Waals surface area contributed by atoms with Gasteiger partial charge in [0.1, 0.15) is 0 Å². The molecular weight excluding hydrogens is 228 g/mol. The zero-order valence-corrected chi connectivity index (χ0v) is 10.4. The van der Waals surface area contributed by atoms with Gasteiger partial charge in [0.15, 0.2) is 5.82 Å². The van der Waals surface area contributed by atoms with Gasteiger partial charge in [-0.3, -0.25) is 0 Å². The van der Waals surface area contributed by atoms with Crippen LogP contribution in [-0.4, -0.2) is 39.5 Å². The third-order valence-corrected chi connectivity index (χ3v) is 2.70. The van der Waals surface area contributed by atoms with Gasteiger partial charge in [-0.2, -0.15) is 10.1 Å². The summed E-state index contributed by atoms with van der Waals surface area (Å²) in [6.07, 6.45) is 3.54. The SMILES string of the molecule is CCC(CC)N(CCO)c1cnnc(Cl)n1. The van der Waals surface area contributed by atoms with Crippen molar-refractivity contribution in [3.8, 4) is 0 Å². The molecule has 0 fully saturated rings. The highest BCUT2D eigenvalue weighted by Crippen LogP contribution is 2.17. The van der Waals surface area contributed by atoms with Crippen LogP contribution < -0.4 is 4.90 Å². The molecule has 90 valence electrons. The monoisotopic (exact) mass is 244 g/mol. The summed E-state index contributed by atoms with van der Waals surface area (Å²) in [5, 5.41) is 16.6. The van der Waals surface area contributed by atoms with Crippen LogP contribution >= 0.6 is 11.6 Å². The normalized spacial score (nSPS) is 10.8. The molecule has 0 radical (unpaired) electrons. The Bertz CT molecular complexity index is 319. The second-order valence-corrected chi connectivity index (χ2v) is 3.81. The number of nitrogens with zero attached hydrogens (tertiary/aromatic N) is 4. The van der Waals surface area contributed by atoms with E-state index in [-0.39, 0.29) is 11.9 Å². The first-order chi connectivity index (χ1) is 7.72. The van der Waals surface area contributed by atoms with Crippen LogP contribution in [0.15, 0.2) is 6.20 Å². The van der Waals surface area contributed by atoms with E-state index in [9.17, 15) is 0 Å². The van der Waals surface area contributed by atoms with Crippen molar-refractivity contribution in [1.82, 2.24) is 15.2 Å². The fourth-order valence-corrected chi connectivity index (χ4v) is 1.86. The lowest BCUT2D eigenvalue weighted by molar-refractivity contribution is 0.295. The summed E-state index contributed by atoms with van der Waals surface area (Å²) in [6, 6.07) is 0.333. The van der Waals surface area contributed by atoms with Gasteiger partial charge in [0.2, 0.25) is 5.28 Å². The lowest BCUT2D eigenvalue weighted by Gasteiger charge is -2.30. The van der Waals surface area contributed by atoms with Gasteiger partial charge in [-0.1, -0.05) is 13.8 Å². The lowest BCUT2D eigenvalue weighted by atomic mass is 10.1. The Morgan fingerprint density at radius 1 is 1.44 bits per heavy atom. The molecule has 1 N–H and O–H groups in total. The average Bonchev–Trinajstić information content (AvgIpc) is 2.29. The number of hydrogen-bond acceptors (Lipinski definition) is 5. The highest BCUT2D eigenvalue weighted by Gasteiger charge is 2.17. The number of rotatable bonds is 6. The van der Waals surface area contributed by atoms with E-state index >= 15 is 0 Å². The van der Waals surface area contributed by atoms with Crippen molar-refractivity contribution < 1.29 is 5.11 Å². The van der Waals surface area contributed by atoms with E-state index < -0.39 is 0 Å². The number of halogens is 1. The van der Waals surface area contributed by atoms with Crippen LogP contribution in [-0.2, 0) is 0 Å². The molecule has 16 heavy (non-hydrogen) atoms. The van der Waals surface area contributed by atoms with Crippen molar-refractivity contribution in [2.24, 2.45) is 0 Å². The van der Waals surface area contributed by atoms with Crippen molar-refractivity contribution in [3.05, 3.63) is 11.5 Å². The highest BCUT2D eigenvalue weighted by atomic mass is 35.5. The van der Waals surface area contributed by atoms with E-state index in [0.717, 1.165) is 12.8 Å². The molecule has 0 spiro atoms. The number of hydrogen-bond donors (Lipinski definition) is 1. The molecule has 1 heterocycles. The van der Waals surface area contributed by atoms with Crippen molar-refractivity contribution >= 4 is 17.4 Å². The van der Waals surface area contributed by atoms with Crippen LogP contribution in [0.2, 0.25) is 5.28 Å². The molecular formula is C10H17ClN4O. The summed E-state index contributed by atoms with van der Waals surface area (Å²) >= 11 is 5.71. The Labute approximate surface area is 100 Å². The molecule has 6 heteroatoms. The Morgan fingerprint density at radius 2 is 2.12 bits per heavy atom. The van der Waals surface area contributed by atoms with Crippen LogP contribution in [0.25, 0.3) is 0 Å². The van der Waals surface area contributed by atoms with E-state index in [2.05, 4.69) is 29.0 Å². The van der Waals surface area contributed by atoms with Crippen LogP contribution in [0.4, 0.5) is 5.82 Å². The molecule has 0 amide bonds. The van der Waals surface area contributed by atoms with Gasteiger partial charge in [0, 0.05) is 12.6 Å². The molecule has 0 aromatic carbocycles. The smallest absolute Gasteiger partial charge is 0.244 e. The largest absolute Gasteiger partial charge is 0.395 e. The van der Waals surface area contributed by atoms with Crippen molar-refractivity contribution in [2.75, 3.05) is 18.1 Å². The Morgan fingerprint density at radius 3 is 2.62 bits per heavy atom. The molecule has 0 aliphatic heterocycles. The minimum absolute atomic E-state index is 0.0815. The molecule has 1 rings (SSSR count). The molecule has 0 saturated carbocycles. The maximum absolute atomic E-state index is 9.07. The van der Waals surface area contributed by atoms with Gasteiger partial charge in [-0.25, -0.2) is 0 Å². The van der Waals surface area contributed by atoms with Crippen LogP contribution in [0.1, 0.15) is 26.7 Å². The Kier molecular flexibility index (Phi) is 5.42. The van der Waals surface area contributed by atoms with Crippen LogP contribution in [0, 0.1) is 0 Å². The van der Waals surface area contributed by atoms with Crippen molar-refractivity contribution in [1.29, 1.82) is 0 Å². The summed E-state index contributed by atoms with van der Waals surface area (Å²) in [5.74, 6) is 0.669. The Hall–Kier alpha value is -0.940. The average molecular weight is 245 g/mol. The molecule has 0 bridgehead atoms. The topological polar surface area (TPSA) is 62.1 Å². The molecule has 0 unspecified atom stereocenters. The van der Waals surface area contributed by atoms with E-state index in [1.807, 2.05) is 4.90 Å². The predicted octanol–water partition coefficient (Wildman–Crippen LogP) is 1.51. The number of aliphatic hydroxyl groups excluding tert-OH is 1. The highest BCUT2D eigenvalue weighted by molar-refractivity contribution is 6.28. The first kappa shape index (κ1) is 13.1. The second-order valence-electron chi connectivity index (χ2n) is 3.47. The zero-order valence-electron chi connectivity index (χ0n) is 9.60. The van der Waals surface area contributed by atoms with E-state index in [4.69, 9.17) is 16.7 Å². The molecule has 1 aromatic heterocycles. The summed E-state index contributed by atoms with van der Waals surface area (Å²) in [5.41, 5.74) is 0. The van der Waals surface area contributed by atoms with Crippen molar-refractivity contribution in [3.63, 3.8) is 0 Å². The van der Waals surface area contributed by atoms with Gasteiger partial charge in [-0.05, 0) is 24.4 Å². The molecule has 0 aliphatic rings. The summed E-state index contributed by atoms with van der Waals surface area (Å²) < 4.78 is 0. The summed E-state index contributed by atoms with van der Waals surface area (Å²) in [6.45, 7) is 4.82. The van der Waals surface area contributed by atoms with Gasteiger partial charge in [0.05, 0.1) is 12.8 Å². The first-order valence-corrected chi connectivity index (χ1v) is 5.83. The maximum Gasteiger partial charge on any atom is 0.244 e. The molecule has 5 nitrogen and oxygen atoms in total. The lowest BCUT2D eigenvalue weighted by Crippen LogP contribution is -2.37. The fraction of sp³-hybridized carbons (Fsp3) is 0.700. The molecule has 0 saturated heterocycles. The van der Waals surface area contributed by atoms with Crippen molar-refractivity contribution in [2.45, 2.75) is 32.7 Å². The number of aromatic nitrogens is 3. The van der Waals surface area contributed by atoms with Crippen LogP contribution in [0.5, 0.6) is 0 Å². The first-order valence-electron chi connectivity index (χ1n) is 5.45. The Balaban J connectivity index is 2.91. The zero-order chi connectivity index (χ0) is 12.0. The minimum Gasteiger partial charge on any atom is -0.395 e. The third-order valence-electron chi connectivity index (χ3n) is 2.54. The summed E-state index contributed by atoms with van der Waals surface area (Å²) in [7, 11) is 0. The van der Waals surface area contributed by atoms with Gasteiger partial charge in [-0.15, -0.1) is 5.10 Å².